The molecule has 21 heavy (non-hydrogen) atoms. The van der Waals surface area contributed by atoms with Crippen molar-refractivity contribution in [2.24, 2.45) is 5.14 Å². The van der Waals surface area contributed by atoms with Gasteiger partial charge in [0.2, 0.25) is 10.0 Å². The van der Waals surface area contributed by atoms with E-state index in [0.29, 0.717) is 16.3 Å². The lowest BCUT2D eigenvalue weighted by Crippen LogP contribution is -2.12. The van der Waals surface area contributed by atoms with Crippen LogP contribution in [0.2, 0.25) is 5.02 Å². The van der Waals surface area contributed by atoms with E-state index in [1.165, 1.54) is 36.4 Å². The Hall–Kier alpha value is -1.83. The summed E-state index contributed by atoms with van der Waals surface area (Å²) in [6.07, 6.45) is 0. The molecular formula is C13H12ClFN2O3S. The van der Waals surface area contributed by atoms with Crippen LogP contribution in [0.3, 0.4) is 0 Å². The van der Waals surface area contributed by atoms with Gasteiger partial charge in [-0.3, -0.25) is 0 Å². The molecule has 0 aliphatic rings. The number of sulfonamides is 1. The fourth-order valence-electron chi connectivity index (χ4n) is 1.67. The van der Waals surface area contributed by atoms with Gasteiger partial charge >= 0.3 is 0 Å². The van der Waals surface area contributed by atoms with Crippen LogP contribution in [0.15, 0.2) is 41.3 Å². The van der Waals surface area contributed by atoms with Gasteiger partial charge in [-0.05, 0) is 35.9 Å². The first kappa shape index (κ1) is 15.6. The quantitative estimate of drug-likeness (QED) is 0.802. The number of primary sulfonamides is 1. The van der Waals surface area contributed by atoms with Crippen LogP contribution in [0, 0.1) is 5.82 Å². The van der Waals surface area contributed by atoms with Gasteiger partial charge in [0.25, 0.3) is 0 Å². The first-order chi connectivity index (χ1) is 9.77. The Kier molecular flexibility index (Phi) is 4.36. The second-order valence-electron chi connectivity index (χ2n) is 4.33. The van der Waals surface area contributed by atoms with E-state index in [1.807, 2.05) is 0 Å². The van der Waals surface area contributed by atoms with Gasteiger partial charge < -0.3 is 10.4 Å². The van der Waals surface area contributed by atoms with Crippen molar-refractivity contribution in [3.8, 4) is 5.75 Å². The fourth-order valence-corrected chi connectivity index (χ4v) is 2.40. The highest BCUT2D eigenvalue weighted by molar-refractivity contribution is 7.89. The van der Waals surface area contributed by atoms with E-state index in [4.69, 9.17) is 21.8 Å². The highest BCUT2D eigenvalue weighted by Gasteiger charge is 2.11. The number of hydrogen-bond acceptors (Lipinski definition) is 4. The second kappa shape index (κ2) is 5.88. The minimum absolute atomic E-state index is 0.0775. The molecule has 0 aliphatic carbocycles. The predicted molar refractivity (Wildman–Crippen MR) is 78.2 cm³/mol. The van der Waals surface area contributed by atoms with Crippen molar-refractivity contribution >= 4 is 27.3 Å². The number of nitrogens with two attached hydrogens (primary N) is 1. The molecule has 0 unspecified atom stereocenters. The van der Waals surface area contributed by atoms with E-state index < -0.39 is 21.6 Å². The molecule has 0 aromatic heterocycles. The number of phenols is 1. The van der Waals surface area contributed by atoms with E-state index in [9.17, 15) is 12.8 Å². The molecule has 0 amide bonds. The number of phenolic OH excluding ortho intramolecular Hbond substituents is 1. The largest absolute Gasteiger partial charge is 0.505 e. The van der Waals surface area contributed by atoms with Gasteiger partial charge in [0.15, 0.2) is 11.6 Å². The van der Waals surface area contributed by atoms with Crippen LogP contribution in [0.1, 0.15) is 5.56 Å². The summed E-state index contributed by atoms with van der Waals surface area (Å²) in [5.74, 6) is -1.17. The molecule has 112 valence electrons. The summed E-state index contributed by atoms with van der Waals surface area (Å²) < 4.78 is 35.8. The maximum absolute atomic E-state index is 13.2. The molecule has 8 heteroatoms. The number of hydrogen-bond donors (Lipinski definition) is 3. The summed E-state index contributed by atoms with van der Waals surface area (Å²) in [4.78, 5) is -0.0775. The normalized spacial score (nSPS) is 11.4. The van der Waals surface area contributed by atoms with Crippen LogP contribution in [-0.2, 0) is 16.6 Å². The van der Waals surface area contributed by atoms with Crippen molar-refractivity contribution in [2.75, 3.05) is 5.32 Å². The number of aromatic hydroxyl groups is 1. The SMILES string of the molecule is NS(=O)(=O)c1ccc(Cl)c(NCc2ccc(O)c(F)c2)c1. The second-order valence-corrected chi connectivity index (χ2v) is 6.29. The van der Waals surface area contributed by atoms with Gasteiger partial charge in [0, 0.05) is 6.54 Å². The third-order valence-electron chi connectivity index (χ3n) is 2.76. The summed E-state index contributed by atoms with van der Waals surface area (Å²) in [6.45, 7) is 0.199. The number of benzene rings is 2. The van der Waals surface area contributed by atoms with E-state index in [-0.39, 0.29) is 11.4 Å². The summed E-state index contributed by atoms with van der Waals surface area (Å²) in [6, 6.07) is 7.93. The van der Waals surface area contributed by atoms with E-state index >= 15 is 0 Å². The standard InChI is InChI=1S/C13H12ClFN2O3S/c14-10-3-2-9(21(16,19)20)6-12(10)17-7-8-1-4-13(18)11(15)5-8/h1-6,17-18H,7H2,(H2,16,19,20). The molecule has 0 aliphatic heterocycles. The molecule has 0 spiro atoms. The molecule has 2 aromatic rings. The molecule has 5 nitrogen and oxygen atoms in total. The maximum Gasteiger partial charge on any atom is 0.238 e. The average molecular weight is 331 g/mol. The van der Waals surface area contributed by atoms with Crippen molar-refractivity contribution in [1.29, 1.82) is 0 Å². The van der Waals surface area contributed by atoms with E-state index in [0.717, 1.165) is 0 Å². The Labute approximate surface area is 126 Å². The van der Waals surface area contributed by atoms with Gasteiger partial charge in [-0.1, -0.05) is 17.7 Å². The first-order valence-corrected chi connectivity index (χ1v) is 7.73. The van der Waals surface area contributed by atoms with Gasteiger partial charge in [-0.2, -0.15) is 0 Å². The summed E-state index contributed by atoms with van der Waals surface area (Å²) in [7, 11) is -3.83. The Morgan fingerprint density at radius 1 is 1.24 bits per heavy atom. The van der Waals surface area contributed by atoms with Gasteiger partial charge in [-0.25, -0.2) is 17.9 Å². The molecule has 0 radical (unpaired) electrons. The zero-order valence-corrected chi connectivity index (χ0v) is 12.2. The monoisotopic (exact) mass is 330 g/mol. The Balaban J connectivity index is 2.21. The number of nitrogens with one attached hydrogen (secondary N) is 1. The summed E-state index contributed by atoms with van der Waals surface area (Å²) in [5.41, 5.74) is 0.916. The van der Waals surface area contributed by atoms with Crippen molar-refractivity contribution in [1.82, 2.24) is 0 Å². The average Bonchev–Trinajstić information content (AvgIpc) is 2.40. The number of anilines is 1. The Bertz CT molecular complexity index is 781. The number of rotatable bonds is 4. The molecule has 4 N–H and O–H groups in total. The third kappa shape index (κ3) is 3.84. The van der Waals surface area contributed by atoms with Crippen LogP contribution < -0.4 is 10.5 Å². The van der Waals surface area contributed by atoms with E-state index in [2.05, 4.69) is 5.32 Å². The predicted octanol–water partition coefficient (Wildman–Crippen LogP) is 2.44. The lowest BCUT2D eigenvalue weighted by atomic mass is 10.2. The highest BCUT2D eigenvalue weighted by atomic mass is 35.5. The van der Waals surface area contributed by atoms with Crippen molar-refractivity contribution < 1.29 is 17.9 Å². The third-order valence-corrected chi connectivity index (χ3v) is 4.00. The molecule has 0 fully saturated rings. The van der Waals surface area contributed by atoms with Gasteiger partial charge in [0.1, 0.15) is 0 Å². The van der Waals surface area contributed by atoms with E-state index in [1.54, 1.807) is 0 Å². The number of halogens is 2. The molecule has 0 heterocycles. The van der Waals surface area contributed by atoms with Crippen LogP contribution in [0.25, 0.3) is 0 Å². The van der Waals surface area contributed by atoms with Crippen LogP contribution in [-0.4, -0.2) is 13.5 Å². The minimum Gasteiger partial charge on any atom is -0.505 e. The topological polar surface area (TPSA) is 92.4 Å². The van der Waals surface area contributed by atoms with Crippen LogP contribution >= 0.6 is 11.6 Å². The molecule has 0 atom stereocenters. The molecule has 0 bridgehead atoms. The molecule has 2 aromatic carbocycles. The zero-order valence-electron chi connectivity index (χ0n) is 10.7. The van der Waals surface area contributed by atoms with Crippen molar-refractivity contribution in [2.45, 2.75) is 11.4 Å². The summed E-state index contributed by atoms with van der Waals surface area (Å²) >= 11 is 5.96. The molecule has 0 saturated heterocycles. The minimum atomic E-state index is -3.83. The molecule has 2 rings (SSSR count). The first-order valence-electron chi connectivity index (χ1n) is 5.81. The van der Waals surface area contributed by atoms with Gasteiger partial charge in [-0.15, -0.1) is 0 Å². The zero-order chi connectivity index (χ0) is 15.6. The van der Waals surface area contributed by atoms with Gasteiger partial charge in [0.05, 0.1) is 15.6 Å². The van der Waals surface area contributed by atoms with Crippen LogP contribution in [0.4, 0.5) is 10.1 Å². The van der Waals surface area contributed by atoms with Crippen LogP contribution in [0.5, 0.6) is 5.75 Å². The smallest absolute Gasteiger partial charge is 0.238 e. The molecular weight excluding hydrogens is 319 g/mol. The lowest BCUT2D eigenvalue weighted by molar-refractivity contribution is 0.432. The van der Waals surface area contributed by atoms with Crippen molar-refractivity contribution in [3.05, 3.63) is 52.8 Å². The molecule has 0 saturated carbocycles. The highest BCUT2D eigenvalue weighted by Crippen LogP contribution is 2.25. The maximum atomic E-state index is 13.2. The Morgan fingerprint density at radius 2 is 1.95 bits per heavy atom. The van der Waals surface area contributed by atoms with Crippen molar-refractivity contribution in [3.63, 3.8) is 0 Å². The summed E-state index contributed by atoms with van der Waals surface area (Å²) in [5, 5.41) is 17.3. The Morgan fingerprint density at radius 3 is 2.57 bits per heavy atom. The fraction of sp³-hybridized carbons (Fsp3) is 0.0769. The lowest BCUT2D eigenvalue weighted by Gasteiger charge is -2.10.